The minimum Gasteiger partial charge on any atom is -0.486 e. The van der Waals surface area contributed by atoms with Crippen LogP contribution in [-0.2, 0) is 6.61 Å². The molecular formula is C21H19BrN2O4S. The van der Waals surface area contributed by atoms with E-state index in [2.05, 4.69) is 21.2 Å². The van der Waals surface area contributed by atoms with Gasteiger partial charge < -0.3 is 19.4 Å². The van der Waals surface area contributed by atoms with Crippen molar-refractivity contribution in [3.63, 3.8) is 0 Å². The maximum Gasteiger partial charge on any atom is 0.291 e. The van der Waals surface area contributed by atoms with Gasteiger partial charge in [-0.2, -0.15) is 0 Å². The molecule has 0 aliphatic carbocycles. The molecule has 0 spiro atoms. The first kappa shape index (κ1) is 21.0. The van der Waals surface area contributed by atoms with E-state index in [9.17, 15) is 9.59 Å². The third kappa shape index (κ3) is 5.88. The van der Waals surface area contributed by atoms with Crippen LogP contribution in [-0.4, -0.2) is 30.1 Å². The second-order valence-corrected chi connectivity index (χ2v) is 8.13. The van der Waals surface area contributed by atoms with Gasteiger partial charge in [0.25, 0.3) is 11.1 Å². The van der Waals surface area contributed by atoms with E-state index in [-0.39, 0.29) is 17.6 Å². The zero-order valence-electron chi connectivity index (χ0n) is 15.8. The zero-order chi connectivity index (χ0) is 20.8. The lowest BCUT2D eigenvalue weighted by atomic mass is 10.3. The van der Waals surface area contributed by atoms with Gasteiger partial charge in [0, 0.05) is 23.5 Å². The molecule has 8 heteroatoms. The van der Waals surface area contributed by atoms with Gasteiger partial charge in [0.05, 0.1) is 5.69 Å². The number of hydrogen-bond donors (Lipinski definition) is 1. The molecule has 0 bridgehead atoms. The number of anilines is 1. The molecule has 0 atom stereocenters. The number of nitrogens with one attached hydrogen (secondary N) is 1. The minimum atomic E-state index is -0.398. The first-order chi connectivity index (χ1) is 13.9. The van der Waals surface area contributed by atoms with Crippen LogP contribution in [0.3, 0.4) is 0 Å². The van der Waals surface area contributed by atoms with Crippen molar-refractivity contribution in [2.24, 2.45) is 0 Å². The Morgan fingerprint density at radius 1 is 1.07 bits per heavy atom. The summed E-state index contributed by atoms with van der Waals surface area (Å²) in [5, 5.41) is 2.67. The molecule has 0 aliphatic rings. The van der Waals surface area contributed by atoms with Crippen LogP contribution in [0.5, 0.6) is 5.75 Å². The van der Waals surface area contributed by atoms with E-state index in [4.69, 9.17) is 9.15 Å². The Kier molecular flexibility index (Phi) is 7.00. The lowest BCUT2D eigenvalue weighted by molar-refractivity contribution is 0.0992. The Labute approximate surface area is 181 Å². The van der Waals surface area contributed by atoms with Crippen molar-refractivity contribution in [3.8, 4) is 5.75 Å². The zero-order valence-corrected chi connectivity index (χ0v) is 18.2. The molecule has 2 aromatic carbocycles. The van der Waals surface area contributed by atoms with Crippen molar-refractivity contribution < 1.29 is 18.7 Å². The van der Waals surface area contributed by atoms with Crippen molar-refractivity contribution in [1.82, 2.24) is 4.90 Å². The van der Waals surface area contributed by atoms with Crippen LogP contribution in [0.25, 0.3) is 0 Å². The van der Waals surface area contributed by atoms with Crippen molar-refractivity contribution in [2.45, 2.75) is 11.5 Å². The molecule has 6 nitrogen and oxygen atoms in total. The number of furan rings is 1. The first-order valence-corrected chi connectivity index (χ1v) is 10.3. The number of carbonyl (C=O) groups excluding carboxylic acids is 2. The van der Waals surface area contributed by atoms with E-state index in [0.717, 1.165) is 16.2 Å². The summed E-state index contributed by atoms with van der Waals surface area (Å²) in [5.41, 5.74) is 0.543. The van der Waals surface area contributed by atoms with Gasteiger partial charge in [-0.1, -0.05) is 28.1 Å². The van der Waals surface area contributed by atoms with Gasteiger partial charge in [0.2, 0.25) is 0 Å². The normalized spacial score (nSPS) is 10.4. The summed E-state index contributed by atoms with van der Waals surface area (Å²) < 4.78 is 12.2. The summed E-state index contributed by atoms with van der Waals surface area (Å²) in [6, 6.07) is 17.9. The predicted octanol–water partition coefficient (Wildman–Crippen LogP) is 5.65. The van der Waals surface area contributed by atoms with E-state index in [1.165, 1.54) is 4.90 Å². The highest BCUT2D eigenvalue weighted by Gasteiger charge is 2.16. The molecule has 150 valence electrons. The average molecular weight is 475 g/mol. The topological polar surface area (TPSA) is 71.8 Å². The second kappa shape index (κ2) is 9.67. The van der Waals surface area contributed by atoms with Gasteiger partial charge in [-0.3, -0.25) is 9.59 Å². The minimum absolute atomic E-state index is 0.128. The Bertz CT molecular complexity index is 1000. The number of ether oxygens (including phenoxy) is 1. The van der Waals surface area contributed by atoms with Gasteiger partial charge in [0.15, 0.2) is 5.76 Å². The number of carbonyl (C=O) groups is 2. The lowest BCUT2D eigenvalue weighted by Gasteiger charge is -2.12. The highest BCUT2D eigenvalue weighted by Crippen LogP contribution is 2.29. The maximum absolute atomic E-state index is 12.6. The molecule has 0 saturated heterocycles. The van der Waals surface area contributed by atoms with Crippen LogP contribution >= 0.6 is 27.7 Å². The molecule has 29 heavy (non-hydrogen) atoms. The third-order valence-electron chi connectivity index (χ3n) is 3.78. The van der Waals surface area contributed by atoms with E-state index in [1.54, 1.807) is 44.4 Å². The molecule has 0 aliphatic heterocycles. The van der Waals surface area contributed by atoms with Crippen molar-refractivity contribution in [2.75, 3.05) is 19.4 Å². The standard InChI is InChI=1S/C21H19BrN2O4S/c1-24(2)21(26)29-19-6-4-3-5-17(19)23-20(25)18-12-11-16(28-18)13-27-15-9-7-14(22)8-10-15/h3-12H,13H2,1-2H3,(H,23,25). The van der Waals surface area contributed by atoms with Gasteiger partial charge in [-0.05, 0) is 60.3 Å². The van der Waals surface area contributed by atoms with E-state index >= 15 is 0 Å². The monoisotopic (exact) mass is 474 g/mol. The Balaban J connectivity index is 1.63. The molecule has 0 fully saturated rings. The van der Waals surface area contributed by atoms with E-state index in [0.29, 0.717) is 22.1 Å². The van der Waals surface area contributed by atoms with Gasteiger partial charge >= 0.3 is 0 Å². The Morgan fingerprint density at radius 3 is 2.52 bits per heavy atom. The number of amides is 2. The largest absolute Gasteiger partial charge is 0.486 e. The molecule has 3 rings (SSSR count). The maximum atomic E-state index is 12.6. The SMILES string of the molecule is CN(C)C(=O)Sc1ccccc1NC(=O)c1ccc(COc2ccc(Br)cc2)o1. The fourth-order valence-corrected chi connectivity index (χ4v) is 3.30. The number of hydrogen-bond acceptors (Lipinski definition) is 5. The number of thioether (sulfide) groups is 1. The fourth-order valence-electron chi connectivity index (χ4n) is 2.29. The van der Waals surface area contributed by atoms with Crippen LogP contribution in [0.1, 0.15) is 16.3 Å². The molecule has 0 saturated carbocycles. The number of nitrogens with zero attached hydrogens (tertiary/aromatic N) is 1. The highest BCUT2D eigenvalue weighted by molar-refractivity contribution is 9.10. The summed E-state index contributed by atoms with van der Waals surface area (Å²) in [5.74, 6) is 0.999. The average Bonchev–Trinajstić information content (AvgIpc) is 3.18. The second-order valence-electron chi connectivity index (χ2n) is 6.22. The third-order valence-corrected chi connectivity index (χ3v) is 5.42. The summed E-state index contributed by atoms with van der Waals surface area (Å²) in [4.78, 5) is 26.7. The van der Waals surface area contributed by atoms with Gasteiger partial charge in [-0.25, -0.2) is 0 Å². The molecule has 0 radical (unpaired) electrons. The molecule has 0 unspecified atom stereocenters. The highest BCUT2D eigenvalue weighted by atomic mass is 79.9. The smallest absolute Gasteiger partial charge is 0.291 e. The molecule has 2 amide bonds. The van der Waals surface area contributed by atoms with Crippen LogP contribution in [0.4, 0.5) is 10.5 Å². The summed E-state index contributed by atoms with van der Waals surface area (Å²) in [7, 11) is 3.36. The molecule has 1 heterocycles. The Hall–Kier alpha value is -2.71. The van der Waals surface area contributed by atoms with Crippen molar-refractivity contribution in [1.29, 1.82) is 0 Å². The van der Waals surface area contributed by atoms with Crippen LogP contribution < -0.4 is 10.1 Å². The van der Waals surface area contributed by atoms with E-state index in [1.807, 2.05) is 30.3 Å². The number of halogens is 1. The molecule has 3 aromatic rings. The summed E-state index contributed by atoms with van der Waals surface area (Å²) in [6.07, 6.45) is 0. The van der Waals surface area contributed by atoms with E-state index < -0.39 is 5.91 Å². The number of benzene rings is 2. The Morgan fingerprint density at radius 2 is 1.79 bits per heavy atom. The molecule has 1 N–H and O–H groups in total. The van der Waals surface area contributed by atoms with Crippen molar-refractivity contribution >= 4 is 44.5 Å². The molecular weight excluding hydrogens is 456 g/mol. The van der Waals surface area contributed by atoms with Crippen LogP contribution in [0, 0.1) is 0 Å². The summed E-state index contributed by atoms with van der Waals surface area (Å²) in [6.45, 7) is 0.207. The molecule has 1 aromatic heterocycles. The quantitative estimate of drug-likeness (QED) is 0.467. The first-order valence-electron chi connectivity index (χ1n) is 8.69. The lowest BCUT2D eigenvalue weighted by Crippen LogP contribution is -2.17. The van der Waals surface area contributed by atoms with Gasteiger partial charge in [0.1, 0.15) is 18.1 Å². The fraction of sp³-hybridized carbons (Fsp3) is 0.143. The van der Waals surface area contributed by atoms with Crippen LogP contribution in [0.15, 0.2) is 74.4 Å². The number of rotatable bonds is 6. The summed E-state index contributed by atoms with van der Waals surface area (Å²) >= 11 is 4.42. The number of para-hydroxylation sites is 1. The van der Waals surface area contributed by atoms with Crippen molar-refractivity contribution in [3.05, 3.63) is 76.7 Å². The van der Waals surface area contributed by atoms with Crippen LogP contribution in [0.2, 0.25) is 0 Å². The van der Waals surface area contributed by atoms with Gasteiger partial charge in [-0.15, -0.1) is 0 Å². The predicted molar refractivity (Wildman–Crippen MR) is 117 cm³/mol.